The first kappa shape index (κ1) is 37.9. The van der Waals surface area contributed by atoms with E-state index < -0.39 is 29.5 Å². The summed E-state index contributed by atoms with van der Waals surface area (Å²) in [6.45, 7) is 7.70. The summed E-state index contributed by atoms with van der Waals surface area (Å²) >= 11 is 0. The number of aromatic nitrogens is 3. The molecule has 4 heterocycles. The fourth-order valence-electron chi connectivity index (χ4n) is 7.19. The van der Waals surface area contributed by atoms with Gasteiger partial charge in [0.05, 0.1) is 17.7 Å². The van der Waals surface area contributed by atoms with Crippen LogP contribution in [0.15, 0.2) is 84.9 Å². The van der Waals surface area contributed by atoms with Crippen molar-refractivity contribution in [1.29, 1.82) is 0 Å². The Morgan fingerprint density at radius 3 is 2.25 bits per heavy atom. The van der Waals surface area contributed by atoms with Gasteiger partial charge < -0.3 is 19.1 Å². The minimum Gasteiger partial charge on any atom is -0.473 e. The number of benzene rings is 3. The molecule has 1 amide bonds. The Bertz CT molecular complexity index is 2170. The molecule has 0 aliphatic carbocycles. The highest BCUT2D eigenvalue weighted by Crippen LogP contribution is 2.39. The van der Waals surface area contributed by atoms with Gasteiger partial charge in [-0.1, -0.05) is 66.7 Å². The quantitative estimate of drug-likeness (QED) is 0.141. The van der Waals surface area contributed by atoms with Crippen molar-refractivity contribution in [3.8, 4) is 23.0 Å². The number of pyridine rings is 1. The van der Waals surface area contributed by atoms with Crippen LogP contribution in [0.4, 0.5) is 18.0 Å². The molecule has 1 saturated heterocycles. The molecular weight excluding hydrogens is 707 g/mol. The number of rotatable bonds is 10. The molecule has 288 valence electrons. The fourth-order valence-corrected chi connectivity index (χ4v) is 7.19. The lowest BCUT2D eigenvalue weighted by Gasteiger charge is -2.38. The first-order valence-electron chi connectivity index (χ1n) is 18.7. The average Bonchev–Trinajstić information content (AvgIpc) is 3.50. The van der Waals surface area contributed by atoms with Gasteiger partial charge in [0.2, 0.25) is 11.8 Å². The normalized spacial score (nSPS) is 17.9. The van der Waals surface area contributed by atoms with Crippen LogP contribution in [-0.4, -0.2) is 75.2 Å². The van der Waals surface area contributed by atoms with Gasteiger partial charge in [0.25, 0.3) is 0 Å². The molecule has 7 rings (SSSR count). The molecule has 2 atom stereocenters. The van der Waals surface area contributed by atoms with Crippen LogP contribution < -0.4 is 9.47 Å². The molecular formula is C43H46F3N5O4. The predicted octanol–water partition coefficient (Wildman–Crippen LogP) is 8.76. The fraction of sp³-hybridized carbons (Fsp3) is 0.372. The van der Waals surface area contributed by atoms with Gasteiger partial charge in [-0.05, 0) is 62.4 Å². The number of hydrogen-bond acceptors (Lipinski definition) is 7. The first-order chi connectivity index (χ1) is 26.4. The average molecular weight is 754 g/mol. The number of nitrogens with zero attached hydrogens (tertiary/aromatic N) is 5. The minimum absolute atomic E-state index is 0.0134. The highest BCUT2D eigenvalue weighted by molar-refractivity contribution is 5.96. The van der Waals surface area contributed by atoms with Gasteiger partial charge in [-0.15, -0.1) is 0 Å². The molecule has 12 heteroatoms. The van der Waals surface area contributed by atoms with Crippen molar-refractivity contribution in [3.05, 3.63) is 113 Å². The number of likely N-dealkylation sites (tertiary alicyclic amines) is 1. The van der Waals surface area contributed by atoms with E-state index >= 15 is 13.2 Å². The highest BCUT2D eigenvalue weighted by atomic mass is 19.1. The van der Waals surface area contributed by atoms with E-state index in [9.17, 15) is 4.79 Å². The van der Waals surface area contributed by atoms with Crippen molar-refractivity contribution in [2.24, 2.45) is 13.0 Å². The molecule has 0 saturated carbocycles. The molecule has 55 heavy (non-hydrogen) atoms. The van der Waals surface area contributed by atoms with E-state index in [4.69, 9.17) is 14.2 Å². The molecule has 0 N–H and O–H groups in total. The van der Waals surface area contributed by atoms with E-state index in [0.717, 1.165) is 11.1 Å². The topological polar surface area (TPSA) is 82.0 Å². The number of carbonyl (C=O) groups excluding carboxylic acids is 1. The Morgan fingerprint density at radius 2 is 1.62 bits per heavy atom. The monoisotopic (exact) mass is 753 g/mol. The molecule has 5 aromatic rings. The standard InChI is InChI=1S/C43H46F3N5O4/c1-43(2,3)55-42(52)51-22-19-31(35(45)25-51)24-50-20-17-30(18-21-50)37-34(44)23-33-39(48-49(4)40(33)38(37)46)32-15-16-36(53-26-28-11-7-5-8-12-28)47-41(32)54-27-29-13-9-6-10-14-29/h5-17,23,31,35H,18-22,24-27H2,1-4H3/t31-,35-/m1/s1. The zero-order chi connectivity index (χ0) is 38.7. The van der Waals surface area contributed by atoms with Crippen LogP contribution in [0.1, 0.15) is 50.3 Å². The summed E-state index contributed by atoms with van der Waals surface area (Å²) in [7, 11) is 1.63. The molecule has 3 aromatic carbocycles. The molecule has 0 radical (unpaired) electrons. The number of aryl methyl sites for hydroxylation is 1. The van der Waals surface area contributed by atoms with Crippen LogP contribution in [0.25, 0.3) is 27.7 Å². The van der Waals surface area contributed by atoms with Crippen LogP contribution in [-0.2, 0) is 25.0 Å². The second-order valence-corrected chi connectivity index (χ2v) is 15.2. The Hall–Kier alpha value is -5.36. The number of fused-ring (bicyclic) bond motifs is 1. The Morgan fingerprint density at radius 1 is 0.927 bits per heavy atom. The van der Waals surface area contributed by atoms with E-state index in [1.165, 1.54) is 15.6 Å². The number of halogens is 3. The molecule has 9 nitrogen and oxygen atoms in total. The largest absolute Gasteiger partial charge is 0.473 e. The van der Waals surface area contributed by atoms with Crippen LogP contribution in [0, 0.1) is 17.6 Å². The molecule has 2 aromatic heterocycles. The number of ether oxygens (including phenoxy) is 3. The summed E-state index contributed by atoms with van der Waals surface area (Å²) in [6.07, 6.45) is 1.03. The van der Waals surface area contributed by atoms with Gasteiger partial charge in [0.1, 0.15) is 42.0 Å². The van der Waals surface area contributed by atoms with E-state index in [1.807, 2.05) is 66.7 Å². The second-order valence-electron chi connectivity index (χ2n) is 15.2. The summed E-state index contributed by atoms with van der Waals surface area (Å²) in [6, 6.07) is 24.1. The van der Waals surface area contributed by atoms with E-state index in [1.54, 1.807) is 40.0 Å². The van der Waals surface area contributed by atoms with Crippen molar-refractivity contribution >= 4 is 22.6 Å². The van der Waals surface area contributed by atoms with Crippen molar-refractivity contribution in [1.82, 2.24) is 24.6 Å². The summed E-state index contributed by atoms with van der Waals surface area (Å²) < 4.78 is 66.9. The van der Waals surface area contributed by atoms with E-state index in [-0.39, 0.29) is 41.4 Å². The molecule has 2 aliphatic rings. The number of amides is 1. The summed E-state index contributed by atoms with van der Waals surface area (Å²) in [5, 5.41) is 4.95. The maximum Gasteiger partial charge on any atom is 0.410 e. The Balaban J connectivity index is 1.10. The zero-order valence-corrected chi connectivity index (χ0v) is 31.6. The van der Waals surface area contributed by atoms with Crippen molar-refractivity contribution in [2.75, 3.05) is 32.7 Å². The SMILES string of the molecule is Cn1nc(-c2ccc(OCc3ccccc3)nc2OCc2ccccc2)c2cc(F)c(C3=CCN(C[C@H]4CCN(C(=O)OC(C)(C)C)C[C@H]4F)CC3)c(F)c21. The number of hydrogen-bond donors (Lipinski definition) is 0. The second kappa shape index (κ2) is 16.2. The third-order valence-corrected chi connectivity index (χ3v) is 9.99. The summed E-state index contributed by atoms with van der Waals surface area (Å²) in [4.78, 5) is 20.7. The first-order valence-corrected chi connectivity index (χ1v) is 18.7. The van der Waals surface area contributed by atoms with Gasteiger partial charge >= 0.3 is 6.09 Å². The van der Waals surface area contributed by atoms with Crippen molar-refractivity contribution in [2.45, 2.75) is 58.6 Å². The van der Waals surface area contributed by atoms with Gasteiger partial charge in [0.15, 0.2) is 5.82 Å². The lowest BCUT2D eigenvalue weighted by atomic mass is 9.92. The summed E-state index contributed by atoms with van der Waals surface area (Å²) in [5.41, 5.74) is 2.68. The van der Waals surface area contributed by atoms with Crippen molar-refractivity contribution < 1.29 is 32.2 Å². The maximum atomic E-state index is 16.5. The Kier molecular flexibility index (Phi) is 11.1. The number of alkyl halides is 1. The van der Waals surface area contributed by atoms with Crippen LogP contribution in [0.2, 0.25) is 0 Å². The van der Waals surface area contributed by atoms with Crippen LogP contribution in [0.5, 0.6) is 11.8 Å². The number of carbonyl (C=O) groups is 1. The van der Waals surface area contributed by atoms with Crippen LogP contribution in [0.3, 0.4) is 0 Å². The van der Waals surface area contributed by atoms with Gasteiger partial charge in [-0.25, -0.2) is 18.0 Å². The molecule has 0 unspecified atom stereocenters. The Labute approximate surface area is 319 Å². The lowest BCUT2D eigenvalue weighted by Crippen LogP contribution is -2.49. The van der Waals surface area contributed by atoms with Crippen molar-refractivity contribution in [3.63, 3.8) is 0 Å². The lowest BCUT2D eigenvalue weighted by molar-refractivity contribution is 0.00199. The van der Waals surface area contributed by atoms with Crippen LogP contribution >= 0.6 is 0 Å². The summed E-state index contributed by atoms with van der Waals surface area (Å²) in [5.74, 6) is -1.09. The number of piperidine rings is 1. The maximum absolute atomic E-state index is 16.5. The smallest absolute Gasteiger partial charge is 0.410 e. The third kappa shape index (κ3) is 8.80. The van der Waals surface area contributed by atoms with Gasteiger partial charge in [-0.3, -0.25) is 9.58 Å². The molecule has 0 spiro atoms. The van der Waals surface area contributed by atoms with Gasteiger partial charge in [0, 0.05) is 50.6 Å². The molecule has 2 aliphatic heterocycles. The zero-order valence-electron chi connectivity index (χ0n) is 31.6. The molecule has 1 fully saturated rings. The minimum atomic E-state index is -1.19. The predicted molar refractivity (Wildman–Crippen MR) is 205 cm³/mol. The van der Waals surface area contributed by atoms with E-state index in [2.05, 4.69) is 15.0 Å². The third-order valence-electron chi connectivity index (χ3n) is 9.99. The highest BCUT2D eigenvalue weighted by Gasteiger charge is 2.35. The van der Waals surface area contributed by atoms with E-state index in [0.29, 0.717) is 68.3 Å². The molecule has 0 bridgehead atoms. The van der Waals surface area contributed by atoms with Gasteiger partial charge in [-0.2, -0.15) is 10.1 Å².